The van der Waals surface area contributed by atoms with Gasteiger partial charge in [-0.2, -0.15) is 0 Å². The Bertz CT molecular complexity index is 499. The molecule has 0 bridgehead atoms. The zero-order valence-corrected chi connectivity index (χ0v) is 11.2. The van der Waals surface area contributed by atoms with E-state index in [0.29, 0.717) is 5.41 Å². The number of hydrogen-bond acceptors (Lipinski definition) is 0. The highest BCUT2D eigenvalue weighted by Gasteiger charge is 2.48. The monoisotopic (exact) mass is 238 g/mol. The van der Waals surface area contributed by atoms with Crippen LogP contribution >= 0.6 is 0 Å². The molecule has 0 nitrogen and oxygen atoms in total. The Morgan fingerprint density at radius 2 is 2.00 bits per heavy atom. The Hall–Kier alpha value is -1.04. The first-order valence-electron chi connectivity index (χ1n) is 7.55. The lowest BCUT2D eigenvalue weighted by Gasteiger charge is -2.47. The molecule has 0 saturated heterocycles. The summed E-state index contributed by atoms with van der Waals surface area (Å²) in [6.45, 7) is 2.55. The molecule has 3 aliphatic carbocycles. The highest BCUT2D eigenvalue weighted by Crippen LogP contribution is 2.59. The summed E-state index contributed by atoms with van der Waals surface area (Å²) >= 11 is 0. The maximum absolute atomic E-state index is 2.55. The van der Waals surface area contributed by atoms with E-state index in [4.69, 9.17) is 0 Å². The van der Waals surface area contributed by atoms with Crippen molar-refractivity contribution in [3.63, 3.8) is 0 Å². The Morgan fingerprint density at radius 3 is 2.94 bits per heavy atom. The van der Waals surface area contributed by atoms with E-state index in [9.17, 15) is 0 Å². The summed E-state index contributed by atoms with van der Waals surface area (Å²) in [6, 6.07) is 9.04. The molecule has 1 aromatic rings. The minimum absolute atomic E-state index is 0.651. The molecule has 0 heterocycles. The summed E-state index contributed by atoms with van der Waals surface area (Å²) in [4.78, 5) is 0. The van der Waals surface area contributed by atoms with E-state index >= 15 is 0 Å². The highest BCUT2D eigenvalue weighted by molar-refractivity contribution is 5.58. The molecule has 0 radical (unpaired) electrons. The van der Waals surface area contributed by atoms with Crippen LogP contribution in [0.3, 0.4) is 0 Å². The molecule has 3 aliphatic rings. The third kappa shape index (κ3) is 1.38. The second-order valence-electron chi connectivity index (χ2n) is 6.86. The number of allylic oxidation sites excluding steroid dienone is 1. The predicted molar refractivity (Wildman–Crippen MR) is 76.4 cm³/mol. The highest BCUT2D eigenvalue weighted by atomic mass is 14.5. The van der Waals surface area contributed by atoms with Crippen LogP contribution < -0.4 is 0 Å². The number of benzene rings is 1. The first-order valence-corrected chi connectivity index (χ1v) is 7.55. The first-order chi connectivity index (χ1) is 8.78. The van der Waals surface area contributed by atoms with Crippen LogP contribution in [-0.4, -0.2) is 0 Å². The summed E-state index contributed by atoms with van der Waals surface area (Å²) in [7, 11) is 0. The van der Waals surface area contributed by atoms with Crippen LogP contribution in [-0.2, 0) is 0 Å². The predicted octanol–water partition coefficient (Wildman–Crippen LogP) is 5.01. The van der Waals surface area contributed by atoms with Crippen LogP contribution in [0.25, 0.3) is 6.08 Å². The quantitative estimate of drug-likeness (QED) is 0.595. The molecule has 0 heteroatoms. The largest absolute Gasteiger partial charge is 0.0799 e. The number of fused-ring (bicyclic) bond motifs is 5. The van der Waals surface area contributed by atoms with Gasteiger partial charge in [-0.05, 0) is 60.0 Å². The zero-order chi connectivity index (χ0) is 12.2. The Kier molecular flexibility index (Phi) is 2.24. The molecular weight excluding hydrogens is 216 g/mol. The minimum atomic E-state index is 0.651. The molecule has 2 saturated carbocycles. The third-order valence-corrected chi connectivity index (χ3v) is 6.01. The van der Waals surface area contributed by atoms with E-state index in [1.165, 1.54) is 37.7 Å². The summed E-state index contributed by atoms with van der Waals surface area (Å²) in [5, 5.41) is 0. The normalized spacial score (nSPS) is 41.1. The molecule has 1 aromatic carbocycles. The van der Waals surface area contributed by atoms with E-state index in [1.807, 2.05) is 0 Å². The molecule has 0 aliphatic heterocycles. The fraction of sp³-hybridized carbons (Fsp3) is 0.556. The first kappa shape index (κ1) is 10.8. The van der Waals surface area contributed by atoms with E-state index in [0.717, 1.165) is 17.8 Å². The average Bonchev–Trinajstić information content (AvgIpc) is 2.80. The minimum Gasteiger partial charge on any atom is -0.0799 e. The second-order valence-corrected chi connectivity index (χ2v) is 6.86. The van der Waals surface area contributed by atoms with Crippen LogP contribution in [0.1, 0.15) is 56.1 Å². The van der Waals surface area contributed by atoms with E-state index in [2.05, 4.69) is 43.3 Å². The molecule has 4 rings (SSSR count). The fourth-order valence-corrected chi connectivity index (χ4v) is 5.03. The van der Waals surface area contributed by atoms with E-state index < -0.39 is 0 Å². The van der Waals surface area contributed by atoms with Crippen molar-refractivity contribution in [1.82, 2.24) is 0 Å². The van der Waals surface area contributed by atoms with Gasteiger partial charge in [-0.15, -0.1) is 0 Å². The van der Waals surface area contributed by atoms with Gasteiger partial charge in [-0.25, -0.2) is 0 Å². The SMILES string of the molecule is C[C@]12CCC[C@@H]1[C@H]1C=Cc3ccccc3[C@@H]1CC2. The van der Waals surface area contributed by atoms with Crippen LogP contribution in [0.15, 0.2) is 30.3 Å². The molecule has 4 atom stereocenters. The molecule has 0 aromatic heterocycles. The topological polar surface area (TPSA) is 0 Å². The van der Waals surface area contributed by atoms with E-state index in [1.54, 1.807) is 5.56 Å². The van der Waals surface area contributed by atoms with Gasteiger partial charge in [0, 0.05) is 0 Å². The average molecular weight is 238 g/mol. The van der Waals surface area contributed by atoms with Crippen LogP contribution in [0.5, 0.6) is 0 Å². The molecule has 0 N–H and O–H groups in total. The molecule has 0 unspecified atom stereocenters. The van der Waals surface area contributed by atoms with Crippen molar-refractivity contribution < 1.29 is 0 Å². The standard InChI is InChI=1S/C18H22/c1-18-11-4-7-17(18)16-9-8-13-5-2-3-6-14(13)15(16)10-12-18/h2-3,5-6,8-9,15-17H,4,7,10-12H2,1H3/t15-,16-,17+,18+/m0/s1. The van der Waals surface area contributed by atoms with Crippen molar-refractivity contribution in [1.29, 1.82) is 0 Å². The molecule has 0 amide bonds. The van der Waals surface area contributed by atoms with Crippen LogP contribution in [0, 0.1) is 17.3 Å². The van der Waals surface area contributed by atoms with Crippen LogP contribution in [0.2, 0.25) is 0 Å². The van der Waals surface area contributed by atoms with Gasteiger partial charge in [0.25, 0.3) is 0 Å². The molecule has 94 valence electrons. The van der Waals surface area contributed by atoms with Gasteiger partial charge in [0.05, 0.1) is 0 Å². The maximum atomic E-state index is 2.55. The fourth-order valence-electron chi connectivity index (χ4n) is 5.03. The summed E-state index contributed by atoms with van der Waals surface area (Å²) < 4.78 is 0. The van der Waals surface area contributed by atoms with Gasteiger partial charge < -0.3 is 0 Å². The summed E-state index contributed by atoms with van der Waals surface area (Å²) in [5.74, 6) is 2.57. The summed E-state index contributed by atoms with van der Waals surface area (Å²) in [5.41, 5.74) is 3.75. The Labute approximate surface area is 110 Å². The van der Waals surface area contributed by atoms with Crippen molar-refractivity contribution in [3.8, 4) is 0 Å². The zero-order valence-electron chi connectivity index (χ0n) is 11.2. The smallest absolute Gasteiger partial charge is 0.00899 e. The number of hydrogen-bond donors (Lipinski definition) is 0. The summed E-state index contributed by atoms with van der Waals surface area (Å²) in [6.07, 6.45) is 12.2. The Balaban J connectivity index is 1.77. The molecular formula is C18H22. The van der Waals surface area contributed by atoms with Gasteiger partial charge in [0.15, 0.2) is 0 Å². The van der Waals surface area contributed by atoms with Gasteiger partial charge >= 0.3 is 0 Å². The third-order valence-electron chi connectivity index (χ3n) is 6.01. The van der Waals surface area contributed by atoms with Crippen LogP contribution in [0.4, 0.5) is 0 Å². The van der Waals surface area contributed by atoms with E-state index in [-0.39, 0.29) is 0 Å². The van der Waals surface area contributed by atoms with Crippen molar-refractivity contribution >= 4 is 6.08 Å². The maximum Gasteiger partial charge on any atom is -0.00899 e. The van der Waals surface area contributed by atoms with Crippen molar-refractivity contribution in [2.45, 2.75) is 44.9 Å². The Morgan fingerprint density at radius 1 is 1.11 bits per heavy atom. The lowest BCUT2D eigenvalue weighted by atomic mass is 9.57. The molecule has 2 fully saturated rings. The van der Waals surface area contributed by atoms with Gasteiger partial charge in [-0.3, -0.25) is 0 Å². The van der Waals surface area contributed by atoms with Gasteiger partial charge in [-0.1, -0.05) is 49.8 Å². The molecule has 18 heavy (non-hydrogen) atoms. The second kappa shape index (κ2) is 3.73. The lowest BCUT2D eigenvalue weighted by molar-refractivity contribution is 0.0946. The van der Waals surface area contributed by atoms with Gasteiger partial charge in [0.2, 0.25) is 0 Å². The lowest BCUT2D eigenvalue weighted by Crippen LogP contribution is -2.37. The molecule has 0 spiro atoms. The van der Waals surface area contributed by atoms with Crippen molar-refractivity contribution in [2.24, 2.45) is 17.3 Å². The van der Waals surface area contributed by atoms with Crippen molar-refractivity contribution in [2.75, 3.05) is 0 Å². The number of rotatable bonds is 0. The van der Waals surface area contributed by atoms with Crippen molar-refractivity contribution in [3.05, 3.63) is 41.5 Å². The van der Waals surface area contributed by atoms with Gasteiger partial charge in [0.1, 0.15) is 0 Å².